The Labute approximate surface area is 120 Å². The number of nitrogen functional groups attached to an aromatic ring is 1. The van der Waals surface area contributed by atoms with Gasteiger partial charge in [-0.25, -0.2) is 4.39 Å². The molecule has 4 nitrogen and oxygen atoms in total. The van der Waals surface area contributed by atoms with Gasteiger partial charge in [-0.2, -0.15) is 0 Å². The Morgan fingerprint density at radius 2 is 2.05 bits per heavy atom. The first kappa shape index (κ1) is 14.1. The number of anilines is 2. The maximum absolute atomic E-state index is 13.5. The number of rotatable bonds is 3. The number of benzene rings is 2. The molecule has 2 aromatic rings. The Bertz CT molecular complexity index is 662. The third-order valence-corrected chi connectivity index (χ3v) is 2.91. The van der Waals surface area contributed by atoms with Crippen molar-refractivity contribution < 1.29 is 13.9 Å². The summed E-state index contributed by atoms with van der Waals surface area (Å²) in [5.41, 5.74) is 6.39. The molecular weight excluding hydrogens is 283 g/mol. The number of carbonyl (C=O) groups excluding carboxylic acids is 1. The molecule has 0 heterocycles. The first-order valence-corrected chi connectivity index (χ1v) is 6.09. The number of methoxy groups -OCH3 is 1. The first-order valence-electron chi connectivity index (χ1n) is 5.71. The predicted octanol–water partition coefficient (Wildman–Crippen LogP) is 3.32. The van der Waals surface area contributed by atoms with Gasteiger partial charge in [-0.1, -0.05) is 11.6 Å². The van der Waals surface area contributed by atoms with Crippen LogP contribution in [-0.4, -0.2) is 13.0 Å². The van der Waals surface area contributed by atoms with E-state index < -0.39 is 11.7 Å². The highest BCUT2D eigenvalue weighted by molar-refractivity contribution is 6.31. The van der Waals surface area contributed by atoms with Gasteiger partial charge in [0.1, 0.15) is 11.6 Å². The molecule has 0 aliphatic carbocycles. The van der Waals surface area contributed by atoms with Crippen LogP contribution < -0.4 is 15.8 Å². The van der Waals surface area contributed by atoms with Gasteiger partial charge in [0.2, 0.25) is 0 Å². The van der Waals surface area contributed by atoms with Gasteiger partial charge in [0.05, 0.1) is 18.5 Å². The highest BCUT2D eigenvalue weighted by Gasteiger charge is 2.12. The van der Waals surface area contributed by atoms with E-state index >= 15 is 0 Å². The maximum atomic E-state index is 13.5. The highest BCUT2D eigenvalue weighted by atomic mass is 35.5. The second-order valence-corrected chi connectivity index (χ2v) is 4.47. The second-order valence-electron chi connectivity index (χ2n) is 4.04. The monoisotopic (exact) mass is 294 g/mol. The van der Waals surface area contributed by atoms with E-state index in [1.807, 2.05) is 0 Å². The van der Waals surface area contributed by atoms with Crippen molar-refractivity contribution in [1.29, 1.82) is 0 Å². The van der Waals surface area contributed by atoms with Crippen LogP contribution in [0.2, 0.25) is 5.02 Å². The predicted molar refractivity (Wildman–Crippen MR) is 76.8 cm³/mol. The SMILES string of the molecule is COc1cc(C(=O)Nc2cc(Cl)ccc2F)ccc1N. The molecule has 2 aromatic carbocycles. The molecule has 0 unspecified atom stereocenters. The zero-order valence-corrected chi connectivity index (χ0v) is 11.4. The third-order valence-electron chi connectivity index (χ3n) is 2.67. The molecule has 0 saturated carbocycles. The average Bonchev–Trinajstić information content (AvgIpc) is 2.43. The lowest BCUT2D eigenvalue weighted by Crippen LogP contribution is -2.13. The molecule has 6 heteroatoms. The van der Waals surface area contributed by atoms with E-state index in [4.69, 9.17) is 22.1 Å². The summed E-state index contributed by atoms with van der Waals surface area (Å²) >= 11 is 5.76. The Kier molecular flexibility index (Phi) is 4.10. The molecule has 0 radical (unpaired) electrons. The summed E-state index contributed by atoms with van der Waals surface area (Å²) in [4.78, 5) is 12.0. The number of halogens is 2. The van der Waals surface area contributed by atoms with Crippen LogP contribution in [0.5, 0.6) is 5.75 Å². The molecule has 0 atom stereocenters. The van der Waals surface area contributed by atoms with Gasteiger partial charge in [0.25, 0.3) is 5.91 Å². The van der Waals surface area contributed by atoms with E-state index in [-0.39, 0.29) is 5.69 Å². The molecule has 0 bridgehead atoms. The van der Waals surface area contributed by atoms with Crippen LogP contribution in [0.4, 0.5) is 15.8 Å². The number of ether oxygens (including phenoxy) is 1. The lowest BCUT2D eigenvalue weighted by Gasteiger charge is -2.09. The van der Waals surface area contributed by atoms with Crippen LogP contribution in [0.1, 0.15) is 10.4 Å². The van der Waals surface area contributed by atoms with Gasteiger partial charge in [0.15, 0.2) is 0 Å². The maximum Gasteiger partial charge on any atom is 0.255 e. The van der Waals surface area contributed by atoms with Crippen molar-refractivity contribution in [2.45, 2.75) is 0 Å². The van der Waals surface area contributed by atoms with E-state index in [0.29, 0.717) is 22.0 Å². The third kappa shape index (κ3) is 3.00. The molecule has 1 amide bonds. The van der Waals surface area contributed by atoms with Crippen LogP contribution >= 0.6 is 11.6 Å². The van der Waals surface area contributed by atoms with Crippen LogP contribution in [0.3, 0.4) is 0 Å². The molecule has 104 valence electrons. The number of amides is 1. The largest absolute Gasteiger partial charge is 0.495 e. The first-order chi connectivity index (χ1) is 9.51. The van der Waals surface area contributed by atoms with Crippen LogP contribution in [0, 0.1) is 5.82 Å². The number of hydrogen-bond donors (Lipinski definition) is 2. The zero-order chi connectivity index (χ0) is 14.7. The summed E-state index contributed by atoms with van der Waals surface area (Å²) in [7, 11) is 1.45. The van der Waals surface area contributed by atoms with Crippen molar-refractivity contribution in [2.24, 2.45) is 0 Å². The number of carbonyl (C=O) groups is 1. The summed E-state index contributed by atoms with van der Waals surface area (Å²) in [5, 5.41) is 2.77. The smallest absolute Gasteiger partial charge is 0.255 e. The highest BCUT2D eigenvalue weighted by Crippen LogP contribution is 2.24. The summed E-state index contributed by atoms with van der Waals surface area (Å²) in [6.45, 7) is 0. The fraction of sp³-hybridized carbons (Fsp3) is 0.0714. The van der Waals surface area contributed by atoms with Crippen LogP contribution in [0.15, 0.2) is 36.4 Å². The Balaban J connectivity index is 2.26. The summed E-state index contributed by atoms with van der Waals surface area (Å²) in [6, 6.07) is 8.47. The van der Waals surface area contributed by atoms with Crippen molar-refractivity contribution >= 4 is 28.9 Å². The second kappa shape index (κ2) is 5.79. The molecule has 0 aliphatic heterocycles. The summed E-state index contributed by atoms with van der Waals surface area (Å²) in [6.07, 6.45) is 0. The van der Waals surface area contributed by atoms with E-state index in [1.54, 1.807) is 6.07 Å². The minimum absolute atomic E-state index is 0.0123. The fourth-order valence-corrected chi connectivity index (χ4v) is 1.81. The Morgan fingerprint density at radius 1 is 1.30 bits per heavy atom. The normalized spacial score (nSPS) is 10.2. The minimum atomic E-state index is -0.565. The van der Waals surface area contributed by atoms with Gasteiger partial charge >= 0.3 is 0 Å². The van der Waals surface area contributed by atoms with Gasteiger partial charge in [-0.05, 0) is 36.4 Å². The molecule has 2 rings (SSSR count). The number of nitrogens with two attached hydrogens (primary N) is 1. The minimum Gasteiger partial charge on any atom is -0.495 e. The fourth-order valence-electron chi connectivity index (χ4n) is 1.64. The lowest BCUT2D eigenvalue weighted by atomic mass is 10.1. The molecule has 3 N–H and O–H groups in total. The van der Waals surface area contributed by atoms with Crippen molar-refractivity contribution in [3.05, 3.63) is 52.8 Å². The average molecular weight is 295 g/mol. The molecule has 0 saturated heterocycles. The number of hydrogen-bond acceptors (Lipinski definition) is 3. The molecule has 0 spiro atoms. The molecule has 0 aromatic heterocycles. The summed E-state index contributed by atoms with van der Waals surface area (Å²) in [5.74, 6) is -0.668. The van der Waals surface area contributed by atoms with Gasteiger partial charge < -0.3 is 15.8 Å². The summed E-state index contributed by atoms with van der Waals surface area (Å²) < 4.78 is 18.6. The van der Waals surface area contributed by atoms with E-state index in [0.717, 1.165) is 0 Å². The molecular formula is C14H12ClFN2O2. The van der Waals surface area contributed by atoms with Crippen LogP contribution in [-0.2, 0) is 0 Å². The quantitative estimate of drug-likeness (QED) is 0.854. The topological polar surface area (TPSA) is 64.3 Å². The van der Waals surface area contributed by atoms with Gasteiger partial charge in [0, 0.05) is 10.6 Å². The molecule has 20 heavy (non-hydrogen) atoms. The lowest BCUT2D eigenvalue weighted by molar-refractivity contribution is 0.102. The van der Waals surface area contributed by atoms with Crippen molar-refractivity contribution in [3.63, 3.8) is 0 Å². The van der Waals surface area contributed by atoms with Gasteiger partial charge in [-0.15, -0.1) is 0 Å². The van der Waals surface area contributed by atoms with E-state index in [9.17, 15) is 9.18 Å². The number of nitrogens with one attached hydrogen (secondary N) is 1. The standard InChI is InChI=1S/C14H12ClFN2O2/c1-20-13-6-8(2-5-11(13)17)14(19)18-12-7-9(15)3-4-10(12)16/h2-7H,17H2,1H3,(H,18,19). The van der Waals surface area contributed by atoms with Crippen molar-refractivity contribution in [1.82, 2.24) is 0 Å². The zero-order valence-electron chi connectivity index (χ0n) is 10.6. The van der Waals surface area contributed by atoms with Gasteiger partial charge in [-0.3, -0.25) is 4.79 Å². The van der Waals surface area contributed by atoms with E-state index in [1.165, 1.54) is 37.4 Å². The molecule has 0 fully saturated rings. The van der Waals surface area contributed by atoms with Crippen molar-refractivity contribution in [3.8, 4) is 5.75 Å². The van der Waals surface area contributed by atoms with Crippen molar-refractivity contribution in [2.75, 3.05) is 18.2 Å². The van der Waals surface area contributed by atoms with E-state index in [2.05, 4.69) is 5.32 Å². The van der Waals surface area contributed by atoms with Crippen LogP contribution in [0.25, 0.3) is 0 Å². The Hall–Kier alpha value is -2.27. The Morgan fingerprint density at radius 3 is 2.75 bits per heavy atom. The molecule has 0 aliphatic rings.